The van der Waals surface area contributed by atoms with Gasteiger partial charge in [0.2, 0.25) is 0 Å². The third-order valence-electron chi connectivity index (χ3n) is 2.37. The predicted molar refractivity (Wildman–Crippen MR) is 70.5 cm³/mol. The van der Waals surface area contributed by atoms with Crippen molar-refractivity contribution in [2.45, 2.75) is 25.9 Å². The maximum atomic E-state index is 10.7. The quantitative estimate of drug-likeness (QED) is 0.516. The minimum atomic E-state index is -0.411. The van der Waals surface area contributed by atoms with E-state index in [1.54, 1.807) is 12.1 Å². The Balaban J connectivity index is 2.77. The molecule has 1 unspecified atom stereocenters. The molecule has 1 aromatic carbocycles. The van der Waals surface area contributed by atoms with Crippen molar-refractivity contribution in [2.75, 3.05) is 0 Å². The molecule has 0 amide bonds. The zero-order chi connectivity index (χ0) is 12.8. The van der Waals surface area contributed by atoms with Crippen molar-refractivity contribution in [2.24, 2.45) is 0 Å². The van der Waals surface area contributed by atoms with Crippen LogP contribution < -0.4 is 5.32 Å². The van der Waals surface area contributed by atoms with Crippen molar-refractivity contribution in [1.29, 1.82) is 0 Å². The Hall–Kier alpha value is -1.38. The summed E-state index contributed by atoms with van der Waals surface area (Å²) in [6, 6.07) is 5.04. The normalized spacial score (nSPS) is 11.8. The number of rotatable bonds is 5. The highest BCUT2D eigenvalue weighted by molar-refractivity contribution is 9.10. The van der Waals surface area contributed by atoms with Crippen LogP contribution in [0.25, 0.3) is 0 Å². The molecule has 0 fully saturated rings. The number of nitro groups is 1. The molecule has 1 aromatic rings. The van der Waals surface area contributed by atoms with Crippen molar-refractivity contribution >= 4 is 21.6 Å². The van der Waals surface area contributed by atoms with Crippen molar-refractivity contribution in [3.63, 3.8) is 0 Å². The highest BCUT2D eigenvalue weighted by atomic mass is 79.9. The summed E-state index contributed by atoms with van der Waals surface area (Å²) in [5, 5.41) is 13.9. The van der Waals surface area contributed by atoms with Gasteiger partial charge in [0.1, 0.15) is 0 Å². The van der Waals surface area contributed by atoms with Crippen molar-refractivity contribution in [1.82, 2.24) is 5.32 Å². The molecule has 4 nitrogen and oxygen atoms in total. The van der Waals surface area contributed by atoms with Gasteiger partial charge in [-0.05, 0) is 34.0 Å². The molecule has 0 aliphatic heterocycles. The molecule has 0 aliphatic carbocycles. The second kappa shape index (κ2) is 6.38. The summed E-state index contributed by atoms with van der Waals surface area (Å²) in [7, 11) is 0. The summed E-state index contributed by atoms with van der Waals surface area (Å²) in [6.07, 6.45) is 6.15. The van der Waals surface area contributed by atoms with Gasteiger partial charge in [-0.25, -0.2) is 0 Å². The Labute approximate surface area is 109 Å². The van der Waals surface area contributed by atoms with E-state index in [0.717, 1.165) is 12.0 Å². The summed E-state index contributed by atoms with van der Waals surface area (Å²) in [5.41, 5.74) is 0.909. The van der Waals surface area contributed by atoms with E-state index in [4.69, 9.17) is 6.42 Å². The fourth-order valence-corrected chi connectivity index (χ4v) is 1.76. The first-order valence-electron chi connectivity index (χ1n) is 5.20. The zero-order valence-corrected chi connectivity index (χ0v) is 11.0. The van der Waals surface area contributed by atoms with Crippen molar-refractivity contribution in [3.8, 4) is 12.3 Å². The molecule has 17 heavy (non-hydrogen) atoms. The van der Waals surface area contributed by atoms with Crippen LogP contribution in [0, 0.1) is 22.5 Å². The van der Waals surface area contributed by atoms with Crippen LogP contribution in [0.1, 0.15) is 18.9 Å². The Bertz CT molecular complexity index is 454. The molecule has 1 atom stereocenters. The van der Waals surface area contributed by atoms with Gasteiger partial charge in [0.15, 0.2) is 0 Å². The average molecular weight is 297 g/mol. The fraction of sp³-hybridized carbons (Fsp3) is 0.333. The predicted octanol–water partition coefficient (Wildman–Crippen LogP) is 2.86. The van der Waals surface area contributed by atoms with Crippen LogP contribution in [0.15, 0.2) is 22.7 Å². The van der Waals surface area contributed by atoms with Gasteiger partial charge in [-0.3, -0.25) is 15.4 Å². The van der Waals surface area contributed by atoms with Gasteiger partial charge in [0.25, 0.3) is 5.69 Å². The minimum absolute atomic E-state index is 0.00213. The first-order valence-corrected chi connectivity index (χ1v) is 6.00. The standard InChI is InChI=1S/C12H13BrN2O2/c1-3-10(4-2)14-8-9-5-6-11(13)12(7-9)15(16)17/h1,5-7,10,14H,4,8H2,2H3. The first-order chi connectivity index (χ1) is 8.08. The number of terminal acetylenes is 1. The average Bonchev–Trinajstić information content (AvgIpc) is 2.32. The number of nitrogens with zero attached hydrogens (tertiary/aromatic N) is 1. The lowest BCUT2D eigenvalue weighted by molar-refractivity contribution is -0.385. The lowest BCUT2D eigenvalue weighted by Crippen LogP contribution is -2.26. The van der Waals surface area contributed by atoms with Crippen molar-refractivity contribution in [3.05, 3.63) is 38.3 Å². The van der Waals surface area contributed by atoms with E-state index in [9.17, 15) is 10.1 Å². The molecular weight excluding hydrogens is 284 g/mol. The van der Waals surface area contributed by atoms with E-state index in [0.29, 0.717) is 11.0 Å². The lowest BCUT2D eigenvalue weighted by Gasteiger charge is -2.10. The molecule has 90 valence electrons. The van der Waals surface area contributed by atoms with Crippen LogP contribution >= 0.6 is 15.9 Å². The third-order valence-corrected chi connectivity index (χ3v) is 3.04. The number of halogens is 1. The highest BCUT2D eigenvalue weighted by Gasteiger charge is 2.12. The summed E-state index contributed by atoms with van der Waals surface area (Å²) in [4.78, 5) is 10.3. The van der Waals surface area contributed by atoms with E-state index in [2.05, 4.69) is 27.2 Å². The van der Waals surface area contributed by atoms with Crippen LogP contribution in [-0.2, 0) is 6.54 Å². The van der Waals surface area contributed by atoms with Crippen LogP contribution in [0.2, 0.25) is 0 Å². The topological polar surface area (TPSA) is 55.2 Å². The van der Waals surface area contributed by atoms with Gasteiger partial charge in [0, 0.05) is 12.6 Å². The van der Waals surface area contributed by atoms with E-state index in [-0.39, 0.29) is 11.7 Å². The highest BCUT2D eigenvalue weighted by Crippen LogP contribution is 2.25. The van der Waals surface area contributed by atoms with E-state index >= 15 is 0 Å². The number of nitrogens with one attached hydrogen (secondary N) is 1. The van der Waals surface area contributed by atoms with E-state index in [1.165, 1.54) is 0 Å². The molecule has 0 aliphatic rings. The molecule has 5 heteroatoms. The molecule has 0 heterocycles. The number of nitro benzene ring substituents is 1. The summed E-state index contributed by atoms with van der Waals surface area (Å²) in [5.74, 6) is 2.62. The monoisotopic (exact) mass is 296 g/mol. The number of hydrogen-bond donors (Lipinski definition) is 1. The number of hydrogen-bond acceptors (Lipinski definition) is 3. The molecule has 0 aromatic heterocycles. The van der Waals surface area contributed by atoms with Crippen LogP contribution in [0.4, 0.5) is 5.69 Å². The Kier molecular flexibility index (Phi) is 5.13. The number of benzene rings is 1. The second-order valence-electron chi connectivity index (χ2n) is 3.55. The fourth-order valence-electron chi connectivity index (χ4n) is 1.37. The second-order valence-corrected chi connectivity index (χ2v) is 4.41. The van der Waals surface area contributed by atoms with Gasteiger partial charge < -0.3 is 0 Å². The van der Waals surface area contributed by atoms with Crippen LogP contribution in [0.3, 0.4) is 0 Å². The maximum absolute atomic E-state index is 10.7. The molecule has 0 spiro atoms. The summed E-state index contributed by atoms with van der Waals surface area (Å²) < 4.78 is 0.482. The molecular formula is C12H13BrN2O2. The molecule has 0 saturated carbocycles. The summed E-state index contributed by atoms with van der Waals surface area (Å²) >= 11 is 3.14. The van der Waals surface area contributed by atoms with E-state index < -0.39 is 4.92 Å². The minimum Gasteiger partial charge on any atom is -0.300 e. The molecule has 0 saturated heterocycles. The molecule has 1 N–H and O–H groups in total. The zero-order valence-electron chi connectivity index (χ0n) is 9.44. The Morgan fingerprint density at radius 1 is 1.65 bits per heavy atom. The van der Waals surface area contributed by atoms with Gasteiger partial charge in [0.05, 0.1) is 15.4 Å². The van der Waals surface area contributed by atoms with Crippen LogP contribution in [0.5, 0.6) is 0 Å². The molecule has 0 radical (unpaired) electrons. The van der Waals surface area contributed by atoms with E-state index in [1.807, 2.05) is 13.0 Å². The van der Waals surface area contributed by atoms with Gasteiger partial charge in [-0.15, -0.1) is 6.42 Å². The van der Waals surface area contributed by atoms with Gasteiger partial charge >= 0.3 is 0 Å². The van der Waals surface area contributed by atoms with Crippen molar-refractivity contribution < 1.29 is 4.92 Å². The largest absolute Gasteiger partial charge is 0.300 e. The summed E-state index contributed by atoms with van der Waals surface area (Å²) in [6.45, 7) is 2.51. The van der Waals surface area contributed by atoms with Gasteiger partial charge in [-0.1, -0.05) is 18.9 Å². The lowest BCUT2D eigenvalue weighted by atomic mass is 10.1. The Morgan fingerprint density at radius 3 is 2.88 bits per heavy atom. The molecule has 1 rings (SSSR count). The first kappa shape index (κ1) is 13.7. The van der Waals surface area contributed by atoms with Crippen LogP contribution in [-0.4, -0.2) is 11.0 Å². The Morgan fingerprint density at radius 2 is 2.35 bits per heavy atom. The SMILES string of the molecule is C#CC(CC)NCc1ccc(Br)c([N+](=O)[O-])c1. The maximum Gasteiger partial charge on any atom is 0.283 e. The van der Waals surface area contributed by atoms with Gasteiger partial charge in [-0.2, -0.15) is 0 Å². The smallest absolute Gasteiger partial charge is 0.283 e. The molecule has 0 bridgehead atoms. The third kappa shape index (κ3) is 3.84.